The molecule has 5 rings (SSSR count). The lowest BCUT2D eigenvalue weighted by atomic mass is 9.82. The largest absolute Gasteiger partial charge is 0.486 e. The number of sulfonamides is 1. The Bertz CT molecular complexity index is 1260. The van der Waals surface area contributed by atoms with E-state index >= 15 is 0 Å². The van der Waals surface area contributed by atoms with Crippen LogP contribution < -0.4 is 4.74 Å². The molecule has 7 heteroatoms. The molecule has 3 aromatic rings. The highest BCUT2D eigenvalue weighted by molar-refractivity contribution is 7.88. The first-order chi connectivity index (χ1) is 14.9. The second-order valence-corrected chi connectivity index (χ2v) is 10.3. The molecule has 0 N–H and O–H groups in total. The molecule has 1 fully saturated rings. The van der Waals surface area contributed by atoms with E-state index in [1.165, 1.54) is 28.6 Å². The first-order valence-electron chi connectivity index (χ1n) is 10.3. The number of fused-ring (bicyclic) bond motifs is 3. The number of carbonyl (C=O) groups is 1. The molecule has 2 aliphatic rings. The van der Waals surface area contributed by atoms with Gasteiger partial charge in [-0.15, -0.1) is 0 Å². The first-order valence-corrected chi connectivity index (χ1v) is 11.9. The van der Waals surface area contributed by atoms with Crippen LogP contribution >= 0.6 is 0 Å². The molecule has 0 radical (unpaired) electrons. The summed E-state index contributed by atoms with van der Waals surface area (Å²) in [5.74, 6) is 0.0565. The summed E-state index contributed by atoms with van der Waals surface area (Å²) in [7, 11) is -3.54. The summed E-state index contributed by atoms with van der Waals surface area (Å²) in [5.41, 5.74) is 0.496. The second-order valence-electron chi connectivity index (χ2n) is 8.33. The number of hydrogen-bond acceptors (Lipinski definition) is 4. The minimum absolute atomic E-state index is 0.0423. The van der Waals surface area contributed by atoms with Crippen molar-refractivity contribution in [2.24, 2.45) is 0 Å². The standard InChI is InChI=1S/C24H22FNO4S/c25-19-8-5-17(6-9-19)16-31(28,29)26-13-11-24(12-14-26)15-21(27)23-20-4-2-1-3-18(20)7-10-22(23)30-24/h1-10H,11-16H2. The van der Waals surface area contributed by atoms with Gasteiger partial charge in [0, 0.05) is 25.9 Å². The average Bonchev–Trinajstić information content (AvgIpc) is 2.75. The number of ether oxygens (including phenoxy) is 1. The molecule has 0 aromatic heterocycles. The quantitative estimate of drug-likeness (QED) is 0.610. The highest BCUT2D eigenvalue weighted by atomic mass is 32.2. The zero-order chi connectivity index (χ0) is 21.6. The van der Waals surface area contributed by atoms with E-state index < -0.39 is 21.4 Å². The maximum absolute atomic E-state index is 13.1. The van der Waals surface area contributed by atoms with Crippen molar-refractivity contribution in [1.29, 1.82) is 0 Å². The number of Topliss-reactive ketones (excluding diaryl/α,β-unsaturated/α-hetero) is 1. The fourth-order valence-electron chi connectivity index (χ4n) is 4.61. The van der Waals surface area contributed by atoms with Gasteiger partial charge < -0.3 is 4.74 Å². The minimum atomic E-state index is -3.54. The van der Waals surface area contributed by atoms with Crippen LogP contribution in [0.15, 0.2) is 60.7 Å². The van der Waals surface area contributed by atoms with E-state index in [0.29, 0.717) is 42.8 Å². The van der Waals surface area contributed by atoms with Crippen LogP contribution in [0.1, 0.15) is 35.2 Å². The van der Waals surface area contributed by atoms with Crippen molar-refractivity contribution in [2.75, 3.05) is 13.1 Å². The third kappa shape index (κ3) is 3.72. The maximum Gasteiger partial charge on any atom is 0.218 e. The lowest BCUT2D eigenvalue weighted by Gasteiger charge is -2.43. The number of hydrogen-bond donors (Lipinski definition) is 0. The third-order valence-corrected chi connectivity index (χ3v) is 8.12. The molecule has 31 heavy (non-hydrogen) atoms. The summed E-state index contributed by atoms with van der Waals surface area (Å²) >= 11 is 0. The molecule has 160 valence electrons. The Hall–Kier alpha value is -2.77. The summed E-state index contributed by atoms with van der Waals surface area (Å²) in [4.78, 5) is 13.1. The molecule has 2 heterocycles. The van der Waals surface area contributed by atoms with E-state index in [1.807, 2.05) is 36.4 Å². The van der Waals surface area contributed by atoms with Crippen molar-refractivity contribution >= 4 is 26.6 Å². The van der Waals surface area contributed by atoms with Gasteiger partial charge in [0.15, 0.2) is 5.78 Å². The summed E-state index contributed by atoms with van der Waals surface area (Å²) in [6.45, 7) is 0.583. The van der Waals surface area contributed by atoms with Crippen molar-refractivity contribution in [3.8, 4) is 5.75 Å². The number of halogens is 1. The minimum Gasteiger partial charge on any atom is -0.486 e. The zero-order valence-electron chi connectivity index (χ0n) is 16.9. The van der Waals surface area contributed by atoms with Gasteiger partial charge in [-0.25, -0.2) is 17.1 Å². The number of nitrogens with zero attached hydrogens (tertiary/aromatic N) is 1. The Balaban J connectivity index is 1.34. The molecule has 2 aliphatic heterocycles. The van der Waals surface area contributed by atoms with Crippen molar-refractivity contribution in [1.82, 2.24) is 4.31 Å². The molecule has 0 unspecified atom stereocenters. The second kappa shape index (κ2) is 7.43. The van der Waals surface area contributed by atoms with Gasteiger partial charge in [0.05, 0.1) is 17.7 Å². The van der Waals surface area contributed by atoms with Gasteiger partial charge in [0.2, 0.25) is 10.0 Å². The van der Waals surface area contributed by atoms with E-state index in [1.54, 1.807) is 0 Å². The molecular formula is C24H22FNO4S. The van der Waals surface area contributed by atoms with Crippen LogP contribution in [-0.2, 0) is 15.8 Å². The topological polar surface area (TPSA) is 63.7 Å². The fraction of sp³-hybridized carbons (Fsp3) is 0.292. The highest BCUT2D eigenvalue weighted by Gasteiger charge is 2.45. The molecule has 0 aliphatic carbocycles. The number of piperidine rings is 1. The predicted molar refractivity (Wildman–Crippen MR) is 116 cm³/mol. The van der Waals surface area contributed by atoms with E-state index in [0.717, 1.165) is 10.8 Å². The number of rotatable bonds is 3. The molecule has 0 bridgehead atoms. The van der Waals surface area contributed by atoms with Gasteiger partial charge in [-0.2, -0.15) is 0 Å². The fourth-order valence-corrected chi connectivity index (χ4v) is 6.14. The number of ketones is 1. The van der Waals surface area contributed by atoms with Crippen molar-refractivity contribution in [3.63, 3.8) is 0 Å². The molecular weight excluding hydrogens is 417 g/mol. The normalized spacial score (nSPS) is 18.7. The van der Waals surface area contributed by atoms with Crippen molar-refractivity contribution in [3.05, 3.63) is 77.6 Å². The molecule has 3 aromatic carbocycles. The number of benzene rings is 3. The summed E-state index contributed by atoms with van der Waals surface area (Å²) in [6, 6.07) is 17.0. The van der Waals surface area contributed by atoms with Gasteiger partial charge >= 0.3 is 0 Å². The Morgan fingerprint density at radius 3 is 2.42 bits per heavy atom. The average molecular weight is 440 g/mol. The first kappa shape index (κ1) is 20.2. The van der Waals surface area contributed by atoms with E-state index in [9.17, 15) is 17.6 Å². The SMILES string of the molecule is O=C1CC2(CCN(S(=O)(=O)Cc3ccc(F)cc3)CC2)Oc2ccc3ccccc3c21. The smallest absolute Gasteiger partial charge is 0.218 e. The predicted octanol–water partition coefficient (Wildman–Crippen LogP) is 4.31. The highest BCUT2D eigenvalue weighted by Crippen LogP contribution is 2.42. The Morgan fingerprint density at radius 1 is 0.968 bits per heavy atom. The number of carbonyl (C=O) groups excluding carboxylic acids is 1. The monoisotopic (exact) mass is 439 g/mol. The van der Waals surface area contributed by atoms with Crippen LogP contribution in [0, 0.1) is 5.82 Å². The molecule has 0 atom stereocenters. The van der Waals surface area contributed by atoms with Gasteiger partial charge in [-0.3, -0.25) is 4.79 Å². The van der Waals surface area contributed by atoms with Crippen molar-refractivity contribution in [2.45, 2.75) is 30.6 Å². The summed E-state index contributed by atoms with van der Waals surface area (Å²) in [6.07, 6.45) is 1.15. The van der Waals surface area contributed by atoms with Crippen LogP contribution in [0.2, 0.25) is 0 Å². The molecule has 1 spiro atoms. The Morgan fingerprint density at radius 2 is 1.68 bits per heavy atom. The Labute approximate surface area is 180 Å². The summed E-state index contributed by atoms with van der Waals surface area (Å²) in [5, 5.41) is 1.88. The zero-order valence-corrected chi connectivity index (χ0v) is 17.7. The van der Waals surface area contributed by atoms with Gasteiger partial charge in [-0.05, 0) is 34.5 Å². The molecule has 1 saturated heterocycles. The van der Waals surface area contributed by atoms with Gasteiger partial charge in [0.25, 0.3) is 0 Å². The molecule has 0 amide bonds. The maximum atomic E-state index is 13.1. The van der Waals surface area contributed by atoms with Gasteiger partial charge in [-0.1, -0.05) is 42.5 Å². The lowest BCUT2D eigenvalue weighted by Crippen LogP contribution is -2.52. The Kier molecular flexibility index (Phi) is 4.83. The van der Waals surface area contributed by atoms with Crippen LogP contribution in [-0.4, -0.2) is 37.2 Å². The third-order valence-electron chi connectivity index (χ3n) is 6.27. The van der Waals surface area contributed by atoms with Crippen LogP contribution in [0.3, 0.4) is 0 Å². The van der Waals surface area contributed by atoms with Crippen LogP contribution in [0.4, 0.5) is 4.39 Å². The van der Waals surface area contributed by atoms with Gasteiger partial charge in [0.1, 0.15) is 17.2 Å². The van der Waals surface area contributed by atoms with E-state index in [4.69, 9.17) is 4.74 Å². The molecule has 5 nitrogen and oxygen atoms in total. The van der Waals surface area contributed by atoms with E-state index in [-0.39, 0.29) is 18.0 Å². The van der Waals surface area contributed by atoms with Crippen LogP contribution in [0.5, 0.6) is 5.75 Å². The summed E-state index contributed by atoms with van der Waals surface area (Å²) < 4.78 is 46.6. The van der Waals surface area contributed by atoms with Crippen molar-refractivity contribution < 1.29 is 22.3 Å². The molecule has 0 saturated carbocycles. The van der Waals surface area contributed by atoms with Crippen LogP contribution in [0.25, 0.3) is 10.8 Å². The lowest BCUT2D eigenvalue weighted by molar-refractivity contribution is 0.00620. The van der Waals surface area contributed by atoms with E-state index in [2.05, 4.69) is 0 Å².